The fourth-order valence-electron chi connectivity index (χ4n) is 1.99. The van der Waals surface area contributed by atoms with Gasteiger partial charge in [-0.05, 0) is 31.2 Å². The van der Waals surface area contributed by atoms with Gasteiger partial charge in [0.2, 0.25) is 0 Å². The summed E-state index contributed by atoms with van der Waals surface area (Å²) in [5, 5.41) is 1.05. The minimum Gasteiger partial charge on any atom is -0.453 e. The molecule has 1 aromatic heterocycles. The van der Waals surface area contributed by atoms with E-state index in [1.54, 1.807) is 0 Å². The lowest BCUT2D eigenvalue weighted by Crippen LogP contribution is -1.93. The maximum atomic E-state index is 5.90. The smallest absolute Gasteiger partial charge is 0.153 e. The van der Waals surface area contributed by atoms with Crippen LogP contribution in [0.15, 0.2) is 54.6 Å². The Morgan fingerprint density at radius 1 is 0.895 bits per heavy atom. The van der Waals surface area contributed by atoms with Gasteiger partial charge < -0.3 is 10.5 Å². The van der Waals surface area contributed by atoms with Crippen LogP contribution < -0.4 is 10.5 Å². The fourth-order valence-corrected chi connectivity index (χ4v) is 1.99. The molecule has 2 aromatic carbocycles. The van der Waals surface area contributed by atoms with Gasteiger partial charge in [-0.1, -0.05) is 30.3 Å². The van der Waals surface area contributed by atoms with Crippen molar-refractivity contribution in [2.75, 3.05) is 5.73 Å². The molecule has 0 amide bonds. The maximum absolute atomic E-state index is 5.90. The van der Waals surface area contributed by atoms with Crippen LogP contribution >= 0.6 is 0 Å². The molecule has 94 valence electrons. The lowest BCUT2D eigenvalue weighted by Gasteiger charge is -2.10. The highest BCUT2D eigenvalue weighted by molar-refractivity contribution is 5.85. The molecule has 0 fully saturated rings. The number of hydrogen-bond donors (Lipinski definition) is 1. The number of para-hydroxylation sites is 3. The molecule has 0 aliphatic rings. The van der Waals surface area contributed by atoms with Crippen molar-refractivity contribution in [2.24, 2.45) is 0 Å². The summed E-state index contributed by atoms with van der Waals surface area (Å²) >= 11 is 0. The van der Waals surface area contributed by atoms with Crippen molar-refractivity contribution < 1.29 is 4.74 Å². The van der Waals surface area contributed by atoms with Gasteiger partial charge in [0.15, 0.2) is 5.75 Å². The van der Waals surface area contributed by atoms with Crippen molar-refractivity contribution in [1.29, 1.82) is 0 Å². The average molecular weight is 250 g/mol. The quantitative estimate of drug-likeness (QED) is 0.701. The predicted molar refractivity (Wildman–Crippen MR) is 77.4 cm³/mol. The van der Waals surface area contributed by atoms with E-state index in [1.165, 1.54) is 0 Å². The Morgan fingerprint density at radius 3 is 2.53 bits per heavy atom. The number of nitrogens with two attached hydrogens (primary N) is 1. The summed E-state index contributed by atoms with van der Waals surface area (Å²) < 4.78 is 5.89. The van der Waals surface area contributed by atoms with Gasteiger partial charge in [-0.15, -0.1) is 0 Å². The zero-order chi connectivity index (χ0) is 13.2. The van der Waals surface area contributed by atoms with E-state index in [0.717, 1.165) is 22.3 Å². The van der Waals surface area contributed by atoms with E-state index in [4.69, 9.17) is 10.5 Å². The number of hydrogen-bond acceptors (Lipinski definition) is 3. The van der Waals surface area contributed by atoms with Gasteiger partial charge in [-0.3, -0.25) is 0 Å². The first kappa shape index (κ1) is 11.5. The van der Waals surface area contributed by atoms with Gasteiger partial charge in [-0.25, -0.2) is 4.98 Å². The van der Waals surface area contributed by atoms with Crippen LogP contribution in [-0.4, -0.2) is 4.98 Å². The van der Waals surface area contributed by atoms with Crippen molar-refractivity contribution in [3.05, 3.63) is 60.3 Å². The van der Waals surface area contributed by atoms with Gasteiger partial charge in [0.05, 0.1) is 5.69 Å². The van der Waals surface area contributed by atoms with Gasteiger partial charge in [-0.2, -0.15) is 0 Å². The van der Waals surface area contributed by atoms with Crippen LogP contribution in [0.2, 0.25) is 0 Å². The van der Waals surface area contributed by atoms with Crippen LogP contribution in [-0.2, 0) is 0 Å². The third kappa shape index (κ3) is 2.22. The molecule has 0 bridgehead atoms. The molecule has 0 unspecified atom stereocenters. The van der Waals surface area contributed by atoms with Crippen molar-refractivity contribution in [1.82, 2.24) is 4.98 Å². The number of aromatic nitrogens is 1. The van der Waals surface area contributed by atoms with Gasteiger partial charge in [0, 0.05) is 11.1 Å². The average Bonchev–Trinajstić information content (AvgIpc) is 2.42. The highest BCUT2D eigenvalue weighted by Gasteiger charge is 2.06. The van der Waals surface area contributed by atoms with E-state index in [9.17, 15) is 0 Å². The summed E-state index contributed by atoms with van der Waals surface area (Å²) in [6.07, 6.45) is 0. The molecule has 3 heteroatoms. The van der Waals surface area contributed by atoms with E-state index >= 15 is 0 Å². The van der Waals surface area contributed by atoms with Crippen LogP contribution in [0.25, 0.3) is 10.9 Å². The van der Waals surface area contributed by atoms with Crippen LogP contribution in [0.4, 0.5) is 5.69 Å². The lowest BCUT2D eigenvalue weighted by molar-refractivity contribution is 0.489. The molecule has 19 heavy (non-hydrogen) atoms. The summed E-state index contributed by atoms with van der Waals surface area (Å²) in [4.78, 5) is 4.54. The zero-order valence-electron chi connectivity index (χ0n) is 10.6. The number of nitrogens with zero attached hydrogens (tertiary/aromatic N) is 1. The first-order valence-corrected chi connectivity index (χ1v) is 6.13. The largest absolute Gasteiger partial charge is 0.453 e. The molecule has 3 aromatic rings. The Hall–Kier alpha value is -2.55. The van der Waals surface area contributed by atoms with E-state index in [1.807, 2.05) is 61.5 Å². The number of ether oxygens (including phenoxy) is 1. The standard InChI is InChI=1S/C16H14N2O/c1-11-9-10-12-5-4-8-15(16(12)18-11)19-14-7-3-2-6-13(14)17/h2-10H,17H2,1H3. The van der Waals surface area contributed by atoms with Crippen molar-refractivity contribution in [3.63, 3.8) is 0 Å². The van der Waals surface area contributed by atoms with Gasteiger partial charge in [0.25, 0.3) is 0 Å². The second-order valence-electron chi connectivity index (χ2n) is 4.42. The van der Waals surface area contributed by atoms with Crippen molar-refractivity contribution in [3.8, 4) is 11.5 Å². The number of aryl methyl sites for hydroxylation is 1. The molecule has 3 rings (SSSR count). The monoisotopic (exact) mass is 250 g/mol. The normalized spacial score (nSPS) is 10.6. The molecule has 0 aliphatic heterocycles. The summed E-state index contributed by atoms with van der Waals surface area (Å²) in [5.74, 6) is 1.37. The summed E-state index contributed by atoms with van der Waals surface area (Å²) in [5.41, 5.74) is 8.33. The van der Waals surface area contributed by atoms with Crippen LogP contribution in [0.5, 0.6) is 11.5 Å². The molecule has 1 heterocycles. The van der Waals surface area contributed by atoms with E-state index in [-0.39, 0.29) is 0 Å². The summed E-state index contributed by atoms with van der Waals surface area (Å²) in [6.45, 7) is 1.97. The highest BCUT2D eigenvalue weighted by atomic mass is 16.5. The third-order valence-corrected chi connectivity index (χ3v) is 2.96. The number of nitrogen functional groups attached to an aromatic ring is 1. The summed E-state index contributed by atoms with van der Waals surface area (Å²) in [6, 6.07) is 17.4. The number of rotatable bonds is 2. The fraction of sp³-hybridized carbons (Fsp3) is 0.0625. The number of pyridine rings is 1. The Morgan fingerprint density at radius 2 is 1.68 bits per heavy atom. The Bertz CT molecular complexity index is 738. The molecule has 0 radical (unpaired) electrons. The van der Waals surface area contributed by atoms with E-state index < -0.39 is 0 Å². The molecule has 0 atom stereocenters. The van der Waals surface area contributed by atoms with Crippen molar-refractivity contribution >= 4 is 16.6 Å². The van der Waals surface area contributed by atoms with Crippen molar-refractivity contribution in [2.45, 2.75) is 6.92 Å². The molecule has 0 saturated carbocycles. The zero-order valence-corrected chi connectivity index (χ0v) is 10.6. The molecular formula is C16H14N2O. The van der Waals surface area contributed by atoms with Gasteiger partial charge >= 0.3 is 0 Å². The third-order valence-electron chi connectivity index (χ3n) is 2.96. The number of fused-ring (bicyclic) bond motifs is 1. The van der Waals surface area contributed by atoms with Crippen LogP contribution in [0.1, 0.15) is 5.69 Å². The topological polar surface area (TPSA) is 48.1 Å². The Kier molecular flexibility index (Phi) is 2.80. The second kappa shape index (κ2) is 4.61. The first-order chi connectivity index (χ1) is 9.24. The minimum atomic E-state index is 0.618. The molecule has 0 aliphatic carbocycles. The first-order valence-electron chi connectivity index (χ1n) is 6.13. The maximum Gasteiger partial charge on any atom is 0.153 e. The Labute approximate surface area is 111 Å². The lowest BCUT2D eigenvalue weighted by atomic mass is 10.2. The Balaban J connectivity index is 2.10. The molecule has 0 spiro atoms. The molecule has 2 N–H and O–H groups in total. The van der Waals surface area contributed by atoms with E-state index in [0.29, 0.717) is 11.4 Å². The number of anilines is 1. The highest BCUT2D eigenvalue weighted by Crippen LogP contribution is 2.31. The number of benzene rings is 2. The SMILES string of the molecule is Cc1ccc2cccc(Oc3ccccc3N)c2n1. The van der Waals surface area contributed by atoms with Gasteiger partial charge in [0.1, 0.15) is 11.3 Å². The molecule has 3 nitrogen and oxygen atoms in total. The van der Waals surface area contributed by atoms with Crippen LogP contribution in [0, 0.1) is 6.92 Å². The minimum absolute atomic E-state index is 0.618. The van der Waals surface area contributed by atoms with E-state index in [2.05, 4.69) is 4.98 Å². The molecule has 0 saturated heterocycles. The second-order valence-corrected chi connectivity index (χ2v) is 4.42. The molecular weight excluding hydrogens is 236 g/mol. The predicted octanol–water partition coefficient (Wildman–Crippen LogP) is 3.92. The summed E-state index contributed by atoms with van der Waals surface area (Å²) in [7, 11) is 0. The van der Waals surface area contributed by atoms with Crippen LogP contribution in [0.3, 0.4) is 0 Å².